The normalized spacial score (nSPS) is 14.8. The fourth-order valence-electron chi connectivity index (χ4n) is 1.39. The van der Waals surface area contributed by atoms with Crippen LogP contribution in [0.4, 0.5) is 26.3 Å². The van der Waals surface area contributed by atoms with Gasteiger partial charge in [-0.2, -0.15) is 26.3 Å². The minimum Gasteiger partial charge on any atom is -0.330 e. The van der Waals surface area contributed by atoms with Crippen LogP contribution in [0.25, 0.3) is 0 Å². The summed E-state index contributed by atoms with van der Waals surface area (Å²) < 4.78 is 74.4. The van der Waals surface area contributed by atoms with Crippen LogP contribution in [-0.4, -0.2) is 12.7 Å². The molecular weight excluding hydrogens is 248 g/mol. The van der Waals surface area contributed by atoms with E-state index in [1.54, 1.807) is 0 Å². The quantitative estimate of drug-likeness (QED) is 0.808. The Morgan fingerprint density at radius 1 is 1.06 bits per heavy atom. The second-order valence-electron chi connectivity index (χ2n) is 3.45. The number of alkyl halides is 6. The van der Waals surface area contributed by atoms with Crippen LogP contribution in [0, 0.1) is 0 Å². The Morgan fingerprint density at radius 2 is 1.65 bits per heavy atom. The summed E-state index contributed by atoms with van der Waals surface area (Å²) in [5.74, 6) is -2.08. The number of halogens is 6. The van der Waals surface area contributed by atoms with Gasteiger partial charge in [0, 0.05) is 6.54 Å². The van der Waals surface area contributed by atoms with Gasteiger partial charge in [-0.3, -0.25) is 0 Å². The van der Waals surface area contributed by atoms with Crippen molar-refractivity contribution >= 4 is 0 Å². The van der Waals surface area contributed by atoms with Gasteiger partial charge in [0.15, 0.2) is 0 Å². The van der Waals surface area contributed by atoms with Gasteiger partial charge >= 0.3 is 12.4 Å². The van der Waals surface area contributed by atoms with Gasteiger partial charge in [-0.1, -0.05) is 18.2 Å². The van der Waals surface area contributed by atoms with E-state index in [1.807, 2.05) is 0 Å². The summed E-state index contributed by atoms with van der Waals surface area (Å²) in [6, 6.07) is 3.12. The molecule has 17 heavy (non-hydrogen) atoms. The highest BCUT2D eigenvalue weighted by Gasteiger charge is 2.40. The lowest BCUT2D eigenvalue weighted by molar-refractivity contribution is -0.149. The molecule has 0 amide bonds. The van der Waals surface area contributed by atoms with Crippen LogP contribution in [0.15, 0.2) is 24.3 Å². The molecule has 1 atom stereocenters. The molecule has 7 heteroatoms. The third-order valence-corrected chi connectivity index (χ3v) is 2.25. The Kier molecular flexibility index (Phi) is 3.71. The van der Waals surface area contributed by atoms with Gasteiger partial charge in [-0.15, -0.1) is 0 Å². The molecule has 0 aliphatic heterocycles. The van der Waals surface area contributed by atoms with Crippen molar-refractivity contribution in [2.75, 3.05) is 6.54 Å². The Balaban J connectivity index is 3.15. The summed E-state index contributed by atoms with van der Waals surface area (Å²) in [4.78, 5) is 0. The maximum absolute atomic E-state index is 12.5. The lowest BCUT2D eigenvalue weighted by Gasteiger charge is -2.19. The topological polar surface area (TPSA) is 26.0 Å². The molecule has 1 aromatic rings. The number of benzene rings is 1. The molecule has 0 saturated heterocycles. The maximum atomic E-state index is 12.5. The highest BCUT2D eigenvalue weighted by molar-refractivity contribution is 5.29. The molecule has 0 aliphatic rings. The van der Waals surface area contributed by atoms with Gasteiger partial charge in [0.05, 0.1) is 11.5 Å². The first-order chi connectivity index (χ1) is 7.66. The minimum atomic E-state index is -4.67. The summed E-state index contributed by atoms with van der Waals surface area (Å²) >= 11 is 0. The minimum absolute atomic E-state index is 0.477. The molecule has 0 heterocycles. The first-order valence-electron chi connectivity index (χ1n) is 4.60. The fraction of sp³-hybridized carbons (Fsp3) is 0.400. The molecule has 0 unspecified atom stereocenters. The number of nitrogens with two attached hydrogens (primary N) is 1. The zero-order chi connectivity index (χ0) is 13.3. The molecule has 0 bridgehead atoms. The van der Waals surface area contributed by atoms with Crippen molar-refractivity contribution in [2.24, 2.45) is 5.73 Å². The summed E-state index contributed by atoms with van der Waals surface area (Å²) in [6.07, 6.45) is -9.32. The largest absolute Gasteiger partial charge is 0.416 e. The Morgan fingerprint density at radius 3 is 2.06 bits per heavy atom. The van der Waals surface area contributed by atoms with E-state index in [-0.39, 0.29) is 0 Å². The van der Waals surface area contributed by atoms with E-state index < -0.39 is 35.9 Å². The molecule has 0 spiro atoms. The molecule has 1 rings (SSSR count). The van der Waals surface area contributed by atoms with Gasteiger partial charge < -0.3 is 5.73 Å². The molecule has 96 valence electrons. The Hall–Kier alpha value is -1.24. The van der Waals surface area contributed by atoms with Crippen molar-refractivity contribution < 1.29 is 26.3 Å². The van der Waals surface area contributed by atoms with E-state index in [0.29, 0.717) is 12.1 Å². The van der Waals surface area contributed by atoms with Crippen molar-refractivity contribution in [1.29, 1.82) is 0 Å². The van der Waals surface area contributed by atoms with Gasteiger partial charge in [-0.05, 0) is 11.6 Å². The molecule has 0 radical (unpaired) electrons. The van der Waals surface area contributed by atoms with E-state index >= 15 is 0 Å². The van der Waals surface area contributed by atoms with Gasteiger partial charge in [0.1, 0.15) is 0 Å². The first kappa shape index (κ1) is 13.8. The van der Waals surface area contributed by atoms with Crippen molar-refractivity contribution in [3.63, 3.8) is 0 Å². The van der Waals surface area contributed by atoms with Crippen LogP contribution in [0.2, 0.25) is 0 Å². The van der Waals surface area contributed by atoms with Gasteiger partial charge in [0.25, 0.3) is 0 Å². The van der Waals surface area contributed by atoms with Crippen LogP contribution in [0.5, 0.6) is 0 Å². The SMILES string of the molecule is NC[C@H](c1cccc(C(F)(F)F)c1)C(F)(F)F. The van der Waals surface area contributed by atoms with Crippen molar-refractivity contribution in [3.8, 4) is 0 Å². The van der Waals surface area contributed by atoms with Crippen LogP contribution >= 0.6 is 0 Å². The highest BCUT2D eigenvalue weighted by Crippen LogP contribution is 2.36. The highest BCUT2D eigenvalue weighted by atomic mass is 19.4. The second-order valence-corrected chi connectivity index (χ2v) is 3.45. The van der Waals surface area contributed by atoms with E-state index in [2.05, 4.69) is 0 Å². The molecule has 1 nitrogen and oxygen atoms in total. The van der Waals surface area contributed by atoms with E-state index in [9.17, 15) is 26.3 Å². The summed E-state index contributed by atoms with van der Waals surface area (Å²) in [6.45, 7) is -0.787. The van der Waals surface area contributed by atoms with E-state index in [1.165, 1.54) is 0 Å². The fourth-order valence-corrected chi connectivity index (χ4v) is 1.39. The van der Waals surface area contributed by atoms with E-state index in [4.69, 9.17) is 5.73 Å². The molecule has 0 saturated carbocycles. The molecule has 0 aromatic heterocycles. The van der Waals surface area contributed by atoms with Crippen LogP contribution in [0.1, 0.15) is 17.0 Å². The number of hydrogen-bond donors (Lipinski definition) is 1. The molecule has 0 fully saturated rings. The lowest BCUT2D eigenvalue weighted by atomic mass is 9.97. The maximum Gasteiger partial charge on any atom is 0.416 e. The lowest BCUT2D eigenvalue weighted by Crippen LogP contribution is -2.28. The standard InChI is InChI=1S/C10H9F6N/c11-9(12,13)7-3-1-2-6(4-7)8(5-17)10(14,15)16/h1-4,8H,5,17H2/t8-/m1/s1. The third-order valence-electron chi connectivity index (χ3n) is 2.25. The molecule has 2 N–H and O–H groups in total. The molecule has 0 aliphatic carbocycles. The smallest absolute Gasteiger partial charge is 0.330 e. The zero-order valence-electron chi connectivity index (χ0n) is 8.44. The molecular formula is C10H9F6N. The van der Waals surface area contributed by atoms with Crippen molar-refractivity contribution in [3.05, 3.63) is 35.4 Å². The monoisotopic (exact) mass is 257 g/mol. The predicted molar refractivity (Wildman–Crippen MR) is 49.3 cm³/mol. The van der Waals surface area contributed by atoms with Crippen LogP contribution < -0.4 is 5.73 Å². The van der Waals surface area contributed by atoms with Crippen molar-refractivity contribution in [2.45, 2.75) is 18.3 Å². The number of rotatable bonds is 2. The average Bonchev–Trinajstić information content (AvgIpc) is 2.15. The summed E-state index contributed by atoms with van der Waals surface area (Å²) in [5.41, 5.74) is 3.36. The zero-order valence-corrected chi connectivity index (χ0v) is 8.44. The Labute approximate surface area is 93.2 Å². The van der Waals surface area contributed by atoms with E-state index in [0.717, 1.165) is 12.1 Å². The summed E-state index contributed by atoms with van der Waals surface area (Å²) in [7, 11) is 0. The average molecular weight is 257 g/mol. The predicted octanol–water partition coefficient (Wildman–Crippen LogP) is 3.31. The number of hydrogen-bond acceptors (Lipinski definition) is 1. The van der Waals surface area contributed by atoms with Crippen LogP contribution in [-0.2, 0) is 6.18 Å². The second kappa shape index (κ2) is 4.56. The summed E-state index contributed by atoms with van der Waals surface area (Å²) in [5, 5.41) is 0. The molecule has 1 aromatic carbocycles. The van der Waals surface area contributed by atoms with Crippen molar-refractivity contribution in [1.82, 2.24) is 0 Å². The third kappa shape index (κ3) is 3.36. The van der Waals surface area contributed by atoms with Crippen LogP contribution in [0.3, 0.4) is 0 Å². The Bertz CT molecular complexity index is 381. The first-order valence-corrected chi connectivity index (χ1v) is 4.60. The van der Waals surface area contributed by atoms with Gasteiger partial charge in [-0.25, -0.2) is 0 Å². The van der Waals surface area contributed by atoms with Gasteiger partial charge in [0.2, 0.25) is 0 Å².